The van der Waals surface area contributed by atoms with E-state index in [-0.39, 0.29) is 5.97 Å². The van der Waals surface area contributed by atoms with Crippen molar-refractivity contribution in [1.82, 2.24) is 14.5 Å². The lowest BCUT2D eigenvalue weighted by molar-refractivity contribution is -0.134. The Morgan fingerprint density at radius 3 is 2.92 bits per heavy atom. The van der Waals surface area contributed by atoms with E-state index in [1.807, 2.05) is 25.3 Å². The molecular formula is C18H22N4O2. The molecule has 1 fully saturated rings. The van der Waals surface area contributed by atoms with Crippen LogP contribution in [0.2, 0.25) is 0 Å². The zero-order valence-corrected chi connectivity index (χ0v) is 14.1. The molecule has 0 radical (unpaired) electrons. The number of anilines is 1. The largest absolute Gasteiger partial charge is 0.466 e. The van der Waals surface area contributed by atoms with Crippen molar-refractivity contribution < 1.29 is 9.53 Å². The van der Waals surface area contributed by atoms with Crippen molar-refractivity contribution in [3.8, 4) is 0 Å². The summed E-state index contributed by atoms with van der Waals surface area (Å²) in [5, 5.41) is 0. The lowest BCUT2D eigenvalue weighted by atomic mass is 10.1. The van der Waals surface area contributed by atoms with Crippen molar-refractivity contribution >= 4 is 17.9 Å². The van der Waals surface area contributed by atoms with Crippen LogP contribution < -0.4 is 4.90 Å². The normalized spacial score (nSPS) is 18.1. The van der Waals surface area contributed by atoms with E-state index in [9.17, 15) is 4.79 Å². The van der Waals surface area contributed by atoms with E-state index in [1.165, 1.54) is 13.2 Å². The Hall–Kier alpha value is -2.63. The summed E-state index contributed by atoms with van der Waals surface area (Å²) in [5.41, 5.74) is 0.878. The molecule has 0 spiro atoms. The molecule has 0 N–H and O–H groups in total. The minimum atomic E-state index is -0.367. The van der Waals surface area contributed by atoms with Gasteiger partial charge in [-0.2, -0.15) is 0 Å². The average molecular weight is 326 g/mol. The fraction of sp³-hybridized carbons (Fsp3) is 0.389. The molecule has 1 unspecified atom stereocenters. The highest BCUT2D eigenvalue weighted by molar-refractivity contribution is 5.86. The van der Waals surface area contributed by atoms with Crippen LogP contribution in [0.15, 0.2) is 36.8 Å². The van der Waals surface area contributed by atoms with Crippen molar-refractivity contribution in [3.63, 3.8) is 0 Å². The number of aromatic nitrogens is 3. The molecule has 0 amide bonds. The number of imidazole rings is 1. The van der Waals surface area contributed by atoms with Crippen LogP contribution in [0.1, 0.15) is 30.3 Å². The summed E-state index contributed by atoms with van der Waals surface area (Å²) in [7, 11) is 1.36. The van der Waals surface area contributed by atoms with Gasteiger partial charge < -0.3 is 14.2 Å². The van der Waals surface area contributed by atoms with Gasteiger partial charge in [-0.1, -0.05) is 0 Å². The number of aryl methyl sites for hydroxylation is 1. The lowest BCUT2D eigenvalue weighted by Gasteiger charge is -2.34. The molecule has 3 rings (SSSR count). The van der Waals surface area contributed by atoms with Crippen LogP contribution >= 0.6 is 0 Å². The maximum absolute atomic E-state index is 11.1. The number of pyridine rings is 1. The summed E-state index contributed by atoms with van der Waals surface area (Å²) >= 11 is 0. The number of carbonyl (C=O) groups excluding carboxylic acids is 1. The highest BCUT2D eigenvalue weighted by Crippen LogP contribution is 2.26. The van der Waals surface area contributed by atoms with Gasteiger partial charge in [-0.05, 0) is 43.5 Å². The lowest BCUT2D eigenvalue weighted by Crippen LogP contribution is -2.37. The first-order valence-corrected chi connectivity index (χ1v) is 8.14. The number of hydrogen-bond donors (Lipinski definition) is 0. The van der Waals surface area contributed by atoms with Crippen LogP contribution in [0.25, 0.3) is 6.08 Å². The zero-order valence-electron chi connectivity index (χ0n) is 14.1. The van der Waals surface area contributed by atoms with Crippen LogP contribution in [-0.4, -0.2) is 40.7 Å². The molecule has 1 atom stereocenters. The third-order valence-electron chi connectivity index (χ3n) is 4.36. The third kappa shape index (κ3) is 3.64. The van der Waals surface area contributed by atoms with Crippen LogP contribution in [0.4, 0.5) is 5.82 Å². The van der Waals surface area contributed by atoms with Crippen LogP contribution in [0, 0.1) is 6.92 Å². The Balaban J connectivity index is 1.69. The van der Waals surface area contributed by atoms with Gasteiger partial charge >= 0.3 is 5.97 Å². The smallest absolute Gasteiger partial charge is 0.330 e. The van der Waals surface area contributed by atoms with Gasteiger partial charge in [-0.15, -0.1) is 0 Å². The van der Waals surface area contributed by atoms with Gasteiger partial charge in [-0.25, -0.2) is 14.8 Å². The number of rotatable bonds is 4. The Labute approximate surface area is 141 Å². The molecule has 24 heavy (non-hydrogen) atoms. The molecule has 6 nitrogen and oxygen atoms in total. The van der Waals surface area contributed by atoms with E-state index >= 15 is 0 Å². The van der Waals surface area contributed by atoms with E-state index in [0.717, 1.165) is 43.1 Å². The number of carbonyl (C=O) groups is 1. The molecular weight excluding hydrogens is 304 g/mol. The van der Waals surface area contributed by atoms with Gasteiger partial charge in [-0.3, -0.25) is 0 Å². The third-order valence-corrected chi connectivity index (χ3v) is 4.36. The Bertz CT molecular complexity index is 721. The van der Waals surface area contributed by atoms with Gasteiger partial charge in [0.1, 0.15) is 11.6 Å². The van der Waals surface area contributed by atoms with E-state index in [0.29, 0.717) is 6.04 Å². The number of piperidine rings is 1. The summed E-state index contributed by atoms with van der Waals surface area (Å²) in [6.07, 6.45) is 11.1. The molecule has 2 aromatic heterocycles. The molecule has 2 aromatic rings. The molecule has 0 saturated carbocycles. The first-order valence-electron chi connectivity index (χ1n) is 8.14. The van der Waals surface area contributed by atoms with Gasteiger partial charge in [0.15, 0.2) is 0 Å². The van der Waals surface area contributed by atoms with Gasteiger partial charge in [0.05, 0.1) is 13.2 Å². The second-order valence-electron chi connectivity index (χ2n) is 5.93. The summed E-state index contributed by atoms with van der Waals surface area (Å²) < 4.78 is 6.84. The monoisotopic (exact) mass is 326 g/mol. The quantitative estimate of drug-likeness (QED) is 0.638. The predicted molar refractivity (Wildman–Crippen MR) is 92.7 cm³/mol. The first-order chi connectivity index (χ1) is 11.7. The van der Waals surface area contributed by atoms with Gasteiger partial charge in [0.25, 0.3) is 0 Å². The zero-order chi connectivity index (χ0) is 16.9. The van der Waals surface area contributed by atoms with E-state index in [2.05, 4.69) is 30.4 Å². The fourth-order valence-corrected chi connectivity index (χ4v) is 3.08. The van der Waals surface area contributed by atoms with Gasteiger partial charge in [0.2, 0.25) is 0 Å². The molecule has 1 aliphatic rings. The standard InChI is InChI=1S/C18H22N4O2/c1-14-19-9-11-22(14)16-4-3-10-21(13-16)17-7-5-15(12-20-17)6-8-18(23)24-2/h5-9,11-12,16H,3-4,10,13H2,1-2H3. The summed E-state index contributed by atoms with van der Waals surface area (Å²) in [5.74, 6) is 1.65. The van der Waals surface area contributed by atoms with Crippen molar-refractivity contribution in [3.05, 3.63) is 48.2 Å². The second-order valence-corrected chi connectivity index (χ2v) is 5.93. The first kappa shape index (κ1) is 16.2. The van der Waals surface area contributed by atoms with Crippen molar-refractivity contribution in [2.45, 2.75) is 25.8 Å². The molecule has 1 saturated heterocycles. The second kappa shape index (κ2) is 7.29. The molecule has 3 heterocycles. The minimum Gasteiger partial charge on any atom is -0.466 e. The number of methoxy groups -OCH3 is 1. The van der Waals surface area contributed by atoms with Crippen LogP contribution in [-0.2, 0) is 9.53 Å². The predicted octanol–water partition coefficient (Wildman–Crippen LogP) is 2.61. The molecule has 126 valence electrons. The average Bonchev–Trinajstić information content (AvgIpc) is 3.06. The number of ether oxygens (including phenoxy) is 1. The molecule has 0 aromatic carbocycles. The minimum absolute atomic E-state index is 0.367. The Kier molecular flexibility index (Phi) is 4.93. The number of nitrogens with zero attached hydrogens (tertiary/aromatic N) is 4. The van der Waals surface area contributed by atoms with Crippen LogP contribution in [0.5, 0.6) is 0 Å². The van der Waals surface area contributed by atoms with Gasteiger partial charge in [0, 0.05) is 37.8 Å². The van der Waals surface area contributed by atoms with E-state index < -0.39 is 0 Å². The Morgan fingerprint density at radius 2 is 2.25 bits per heavy atom. The van der Waals surface area contributed by atoms with Crippen molar-refractivity contribution in [2.75, 3.05) is 25.1 Å². The SMILES string of the molecule is COC(=O)C=Cc1ccc(N2CCCC(n3ccnc3C)C2)nc1. The summed E-state index contributed by atoms with van der Waals surface area (Å²) in [6.45, 7) is 3.98. The van der Waals surface area contributed by atoms with Crippen molar-refractivity contribution in [1.29, 1.82) is 0 Å². The molecule has 0 aliphatic carbocycles. The summed E-state index contributed by atoms with van der Waals surface area (Å²) in [6, 6.07) is 4.40. The number of esters is 1. The fourth-order valence-electron chi connectivity index (χ4n) is 3.08. The highest BCUT2D eigenvalue weighted by Gasteiger charge is 2.22. The maximum atomic E-state index is 11.1. The topological polar surface area (TPSA) is 60.2 Å². The van der Waals surface area contributed by atoms with E-state index in [4.69, 9.17) is 0 Å². The maximum Gasteiger partial charge on any atom is 0.330 e. The number of hydrogen-bond acceptors (Lipinski definition) is 5. The molecule has 6 heteroatoms. The van der Waals surface area contributed by atoms with E-state index in [1.54, 1.807) is 12.3 Å². The van der Waals surface area contributed by atoms with Crippen LogP contribution in [0.3, 0.4) is 0 Å². The summed E-state index contributed by atoms with van der Waals surface area (Å²) in [4.78, 5) is 22.3. The highest BCUT2D eigenvalue weighted by atomic mass is 16.5. The Morgan fingerprint density at radius 1 is 1.38 bits per heavy atom. The molecule has 1 aliphatic heterocycles. The molecule has 0 bridgehead atoms. The van der Waals surface area contributed by atoms with Crippen molar-refractivity contribution in [2.24, 2.45) is 0 Å².